The number of hydrogen-bond acceptors (Lipinski definition) is 4. The molecule has 1 aliphatic carbocycles. The first-order chi connectivity index (χ1) is 14.2. The van der Waals surface area contributed by atoms with Gasteiger partial charge in [0.25, 0.3) is 0 Å². The minimum atomic E-state index is -0.533. The van der Waals surface area contributed by atoms with Crippen LogP contribution < -0.4 is 19.5 Å². The Bertz CT molecular complexity index is 1070. The van der Waals surface area contributed by atoms with Crippen LogP contribution in [0, 0.1) is 0 Å². The van der Waals surface area contributed by atoms with Gasteiger partial charge in [0.05, 0.1) is 18.2 Å². The summed E-state index contributed by atoms with van der Waals surface area (Å²) in [7, 11) is 1.61. The third-order valence-corrected chi connectivity index (χ3v) is 5.66. The zero-order valence-electron chi connectivity index (χ0n) is 16.1. The Morgan fingerprint density at radius 2 is 1.72 bits per heavy atom. The quantitative estimate of drug-likeness (QED) is 0.686. The first-order valence-electron chi connectivity index (χ1n) is 9.65. The number of benzene rings is 3. The molecule has 5 rings (SSSR count). The number of fused-ring (bicyclic) bond motifs is 1. The van der Waals surface area contributed by atoms with E-state index in [0.29, 0.717) is 17.2 Å². The standard InChI is InChI=1S/C24H21NO4/c1-27-20-9-7-17(16-5-3-2-4-6-16)13-19(20)25-23(26)24(11-12-24)18-8-10-21-22(14-18)29-15-28-21/h2-10,13-14H,11-12,15H2,1H3,(H,25,26). The van der Waals surface area contributed by atoms with Crippen LogP contribution >= 0.6 is 0 Å². The van der Waals surface area contributed by atoms with Crippen molar-refractivity contribution in [1.29, 1.82) is 0 Å². The zero-order valence-corrected chi connectivity index (χ0v) is 16.1. The van der Waals surface area contributed by atoms with Crippen molar-refractivity contribution in [2.75, 3.05) is 19.2 Å². The SMILES string of the molecule is COc1ccc(-c2ccccc2)cc1NC(=O)C1(c2ccc3c(c2)OCO3)CC1. The lowest BCUT2D eigenvalue weighted by Crippen LogP contribution is -2.28. The minimum Gasteiger partial charge on any atom is -0.495 e. The molecule has 0 atom stereocenters. The monoisotopic (exact) mass is 387 g/mol. The summed E-state index contributed by atoms with van der Waals surface area (Å²) in [5.74, 6) is 2.03. The second kappa shape index (κ2) is 6.85. The molecule has 146 valence electrons. The molecule has 1 fully saturated rings. The summed E-state index contributed by atoms with van der Waals surface area (Å²) >= 11 is 0. The van der Waals surface area contributed by atoms with E-state index in [9.17, 15) is 4.79 Å². The number of methoxy groups -OCH3 is 1. The molecule has 0 bridgehead atoms. The van der Waals surface area contributed by atoms with Gasteiger partial charge in [-0.3, -0.25) is 4.79 Å². The normalized spacial score (nSPS) is 15.6. The van der Waals surface area contributed by atoms with Crippen LogP contribution in [0.4, 0.5) is 5.69 Å². The van der Waals surface area contributed by atoms with Gasteiger partial charge in [0, 0.05) is 0 Å². The Morgan fingerprint density at radius 1 is 0.931 bits per heavy atom. The molecule has 29 heavy (non-hydrogen) atoms. The number of carbonyl (C=O) groups is 1. The lowest BCUT2D eigenvalue weighted by atomic mass is 9.94. The largest absolute Gasteiger partial charge is 0.495 e. The molecular formula is C24H21NO4. The van der Waals surface area contributed by atoms with Gasteiger partial charge >= 0.3 is 0 Å². The highest BCUT2D eigenvalue weighted by Gasteiger charge is 2.51. The molecule has 1 heterocycles. The Labute approximate surface area is 169 Å². The van der Waals surface area contributed by atoms with Crippen LogP contribution in [0.1, 0.15) is 18.4 Å². The number of amides is 1. The van der Waals surface area contributed by atoms with E-state index >= 15 is 0 Å². The van der Waals surface area contributed by atoms with Gasteiger partial charge in [-0.05, 0) is 53.8 Å². The average Bonchev–Trinajstić information content (AvgIpc) is 3.45. The maximum atomic E-state index is 13.3. The van der Waals surface area contributed by atoms with E-state index in [4.69, 9.17) is 14.2 Å². The highest BCUT2D eigenvalue weighted by molar-refractivity contribution is 6.02. The van der Waals surface area contributed by atoms with Gasteiger partial charge in [0.2, 0.25) is 12.7 Å². The topological polar surface area (TPSA) is 56.8 Å². The summed E-state index contributed by atoms with van der Waals surface area (Å²) in [6.07, 6.45) is 1.61. The fourth-order valence-electron chi connectivity index (χ4n) is 3.82. The predicted octanol–water partition coefficient (Wildman–Crippen LogP) is 4.76. The molecule has 3 aromatic carbocycles. The van der Waals surface area contributed by atoms with Crippen molar-refractivity contribution in [2.24, 2.45) is 0 Å². The van der Waals surface area contributed by atoms with E-state index in [1.54, 1.807) is 7.11 Å². The molecular weight excluding hydrogens is 366 g/mol. The van der Waals surface area contributed by atoms with E-state index in [1.165, 1.54) is 0 Å². The number of rotatable bonds is 5. The van der Waals surface area contributed by atoms with Gasteiger partial charge < -0.3 is 19.5 Å². The van der Waals surface area contributed by atoms with Gasteiger partial charge in [0.1, 0.15) is 5.75 Å². The van der Waals surface area contributed by atoms with Crippen LogP contribution in [0.2, 0.25) is 0 Å². The first-order valence-corrected chi connectivity index (χ1v) is 9.65. The number of carbonyl (C=O) groups excluding carboxylic acids is 1. The van der Waals surface area contributed by atoms with Gasteiger partial charge in [-0.25, -0.2) is 0 Å². The second-order valence-electron chi connectivity index (χ2n) is 7.39. The van der Waals surface area contributed by atoms with Crippen molar-refractivity contribution in [3.05, 3.63) is 72.3 Å². The van der Waals surface area contributed by atoms with E-state index in [2.05, 4.69) is 5.32 Å². The molecule has 1 saturated carbocycles. The molecule has 0 aromatic heterocycles. The number of anilines is 1. The maximum absolute atomic E-state index is 13.3. The Hall–Kier alpha value is -3.47. The van der Waals surface area contributed by atoms with Crippen LogP contribution in [0.25, 0.3) is 11.1 Å². The third kappa shape index (κ3) is 3.09. The molecule has 0 unspecified atom stereocenters. The minimum absolute atomic E-state index is 0.0279. The molecule has 1 amide bonds. The van der Waals surface area contributed by atoms with Gasteiger partial charge in [-0.15, -0.1) is 0 Å². The summed E-state index contributed by atoms with van der Waals surface area (Å²) in [6.45, 7) is 0.224. The fourth-order valence-corrected chi connectivity index (χ4v) is 3.82. The van der Waals surface area contributed by atoms with Gasteiger partial charge in [-0.1, -0.05) is 42.5 Å². The maximum Gasteiger partial charge on any atom is 0.235 e. The van der Waals surface area contributed by atoms with E-state index in [-0.39, 0.29) is 12.7 Å². The number of nitrogens with one attached hydrogen (secondary N) is 1. The van der Waals surface area contributed by atoms with Gasteiger partial charge in [-0.2, -0.15) is 0 Å². The third-order valence-electron chi connectivity index (χ3n) is 5.66. The zero-order chi connectivity index (χ0) is 19.8. The van der Waals surface area contributed by atoms with Crippen LogP contribution in [0.15, 0.2) is 66.7 Å². The van der Waals surface area contributed by atoms with Crippen molar-refractivity contribution < 1.29 is 19.0 Å². The van der Waals surface area contributed by atoms with Crippen LogP contribution in [0.5, 0.6) is 17.2 Å². The lowest BCUT2D eigenvalue weighted by Gasteiger charge is -2.18. The highest BCUT2D eigenvalue weighted by Crippen LogP contribution is 2.51. The summed E-state index contributed by atoms with van der Waals surface area (Å²) in [6, 6.07) is 21.7. The van der Waals surface area contributed by atoms with E-state index in [0.717, 1.165) is 35.3 Å². The van der Waals surface area contributed by atoms with Crippen molar-refractivity contribution in [3.8, 4) is 28.4 Å². The van der Waals surface area contributed by atoms with Gasteiger partial charge in [0.15, 0.2) is 11.5 Å². The van der Waals surface area contributed by atoms with Crippen LogP contribution in [-0.4, -0.2) is 19.8 Å². The van der Waals surface area contributed by atoms with E-state index in [1.807, 2.05) is 66.7 Å². The van der Waals surface area contributed by atoms with Crippen LogP contribution in [0.3, 0.4) is 0 Å². The molecule has 0 spiro atoms. The molecule has 3 aromatic rings. The molecule has 2 aliphatic rings. The highest BCUT2D eigenvalue weighted by atomic mass is 16.7. The number of hydrogen-bond donors (Lipinski definition) is 1. The molecule has 1 N–H and O–H groups in total. The van der Waals surface area contributed by atoms with Crippen molar-refractivity contribution in [3.63, 3.8) is 0 Å². The van der Waals surface area contributed by atoms with E-state index < -0.39 is 5.41 Å². The fraction of sp³-hybridized carbons (Fsp3) is 0.208. The molecule has 0 saturated heterocycles. The van der Waals surface area contributed by atoms with Crippen molar-refractivity contribution in [1.82, 2.24) is 0 Å². The molecule has 1 aliphatic heterocycles. The first kappa shape index (κ1) is 17.6. The number of ether oxygens (including phenoxy) is 3. The molecule has 5 heteroatoms. The summed E-state index contributed by atoms with van der Waals surface area (Å²) in [5, 5.41) is 3.10. The Morgan fingerprint density at radius 3 is 2.48 bits per heavy atom. The van der Waals surface area contributed by atoms with Crippen molar-refractivity contribution in [2.45, 2.75) is 18.3 Å². The summed E-state index contributed by atoms with van der Waals surface area (Å²) in [5.41, 5.74) is 3.20. The Balaban J connectivity index is 1.44. The molecule has 0 radical (unpaired) electrons. The van der Waals surface area contributed by atoms with Crippen LogP contribution in [-0.2, 0) is 10.2 Å². The predicted molar refractivity (Wildman–Crippen MR) is 111 cm³/mol. The lowest BCUT2D eigenvalue weighted by molar-refractivity contribution is -0.118. The Kier molecular flexibility index (Phi) is 4.16. The summed E-state index contributed by atoms with van der Waals surface area (Å²) in [4.78, 5) is 13.3. The molecule has 5 nitrogen and oxygen atoms in total. The smallest absolute Gasteiger partial charge is 0.235 e. The average molecular weight is 387 g/mol. The van der Waals surface area contributed by atoms with Crippen molar-refractivity contribution >= 4 is 11.6 Å². The summed E-state index contributed by atoms with van der Waals surface area (Å²) < 4.78 is 16.4. The second-order valence-corrected chi connectivity index (χ2v) is 7.39.